The Morgan fingerprint density at radius 1 is 0.902 bits per heavy atom. The lowest BCUT2D eigenvalue weighted by atomic mass is 10.0. The van der Waals surface area contributed by atoms with Crippen molar-refractivity contribution < 1.29 is 32.7 Å². The molecule has 7 N–H and O–H groups in total. The molecule has 2 aromatic carbocycles. The van der Waals surface area contributed by atoms with Crippen molar-refractivity contribution in [2.24, 2.45) is 22.4 Å². The average molecular weight is 854 g/mol. The summed E-state index contributed by atoms with van der Waals surface area (Å²) in [6.07, 6.45) is 1.59. The molecule has 3 aromatic heterocycles. The lowest BCUT2D eigenvalue weighted by Gasteiger charge is -2.04. The average Bonchev–Trinajstić information content (AvgIpc) is 3.82. The second kappa shape index (κ2) is 23.6. The van der Waals surface area contributed by atoms with E-state index >= 15 is 0 Å². The minimum atomic E-state index is -0.939. The van der Waals surface area contributed by atoms with Gasteiger partial charge in [0.05, 0.1) is 14.6 Å². The molecule has 18 nitrogen and oxygen atoms in total. The summed E-state index contributed by atoms with van der Waals surface area (Å²) < 4.78 is 41.3. The van der Waals surface area contributed by atoms with Crippen molar-refractivity contribution in [1.29, 1.82) is 0 Å². The molecule has 0 spiro atoms. The summed E-state index contributed by atoms with van der Waals surface area (Å²) >= 11 is 6.09. The van der Waals surface area contributed by atoms with Gasteiger partial charge >= 0.3 is 11.6 Å². The highest BCUT2D eigenvalue weighted by Crippen LogP contribution is 2.27. The molecule has 282 valence electrons. The smallest absolute Gasteiger partial charge is 0.411 e. The maximum atomic E-state index is 13.3. The van der Waals surface area contributed by atoms with E-state index < -0.39 is 28.0 Å². The zero-order chi connectivity index (χ0) is 34.5. The molecule has 5 aromatic rings. The molecular weight excluding hydrogens is 812 g/mol. The Labute approximate surface area is 308 Å². The maximum Gasteiger partial charge on any atom is 0.446 e. The zero-order valence-corrected chi connectivity index (χ0v) is 27.1. The molecule has 0 bridgehead atoms. The number of nitro groups is 1. The first-order valence-electron chi connectivity index (χ1n) is 13.1. The van der Waals surface area contributed by atoms with Gasteiger partial charge in [-0.1, -0.05) is 51.2 Å². The summed E-state index contributed by atoms with van der Waals surface area (Å²) in [7, 11) is 0. The van der Waals surface area contributed by atoms with E-state index in [0.29, 0.717) is 47.6 Å². The molecule has 0 aliphatic carbocycles. The van der Waals surface area contributed by atoms with Gasteiger partial charge in [0.1, 0.15) is 23.0 Å². The largest absolute Gasteiger partial charge is 0.446 e. The number of nitrogens with zero attached hydrogens (tertiary/aromatic N) is 8. The third kappa shape index (κ3) is 12.8. The molecular formula is C29H41Br2F2N11O7. The fourth-order valence-electron chi connectivity index (χ4n) is 3.56. The highest BCUT2D eigenvalue weighted by atomic mass is 79.9. The number of aromatic nitrogens is 6. The first-order chi connectivity index (χ1) is 22.6. The van der Waals surface area contributed by atoms with Gasteiger partial charge in [0.15, 0.2) is 10.9 Å². The molecule has 0 saturated carbocycles. The zero-order valence-electron chi connectivity index (χ0n) is 23.9. The van der Waals surface area contributed by atoms with Gasteiger partial charge in [-0.15, -0.1) is 4.63 Å². The summed E-state index contributed by atoms with van der Waals surface area (Å²) in [6.45, 7) is 1.71. The number of hydrogen-bond acceptors (Lipinski definition) is 16. The number of aryl methyl sites for hydroxylation is 1. The Kier molecular flexibility index (Phi) is 22.4. The lowest BCUT2D eigenvalue weighted by Crippen LogP contribution is -2.13. The van der Waals surface area contributed by atoms with E-state index in [1.807, 2.05) is 0 Å². The number of hydrogen-bond donors (Lipinski definition) is 4. The van der Waals surface area contributed by atoms with E-state index in [1.165, 1.54) is 18.2 Å². The van der Waals surface area contributed by atoms with Crippen molar-refractivity contribution in [3.63, 3.8) is 0 Å². The topological polar surface area (TPSA) is 280 Å². The molecule has 0 saturated heterocycles. The van der Waals surface area contributed by atoms with Crippen LogP contribution in [0.1, 0.15) is 53.1 Å². The van der Waals surface area contributed by atoms with Gasteiger partial charge in [-0.05, 0) is 102 Å². The number of halogens is 4. The summed E-state index contributed by atoms with van der Waals surface area (Å²) in [6, 6.07) is 8.20. The fourth-order valence-corrected chi connectivity index (χ4v) is 4.36. The lowest BCUT2D eigenvalue weighted by molar-refractivity contribution is -0.390. The highest BCUT2D eigenvalue weighted by Gasteiger charge is 2.30. The van der Waals surface area contributed by atoms with Gasteiger partial charge in [0.2, 0.25) is 5.82 Å². The van der Waals surface area contributed by atoms with Crippen molar-refractivity contribution in [3.05, 3.63) is 94.6 Å². The van der Waals surface area contributed by atoms with Crippen molar-refractivity contribution in [1.82, 2.24) is 30.4 Å². The van der Waals surface area contributed by atoms with Crippen molar-refractivity contribution in [2.45, 2.75) is 49.0 Å². The molecule has 51 heavy (non-hydrogen) atoms. The normalized spacial score (nSPS) is 10.1. The summed E-state index contributed by atoms with van der Waals surface area (Å²) in [5.74, 6) is -2.87. The number of nitrogens with two attached hydrogens (primary N) is 3. The molecule has 3 heterocycles. The summed E-state index contributed by atoms with van der Waals surface area (Å²) in [5.41, 5.74) is 17.1. The third-order valence-corrected chi connectivity index (χ3v) is 6.93. The van der Waals surface area contributed by atoms with Gasteiger partial charge < -0.3 is 32.5 Å². The minimum Gasteiger partial charge on any atom is -0.411 e. The number of rotatable bonds is 10. The molecule has 0 unspecified atom stereocenters. The number of oxime groups is 1. The van der Waals surface area contributed by atoms with Crippen LogP contribution in [0.4, 0.5) is 14.6 Å². The van der Waals surface area contributed by atoms with Crippen LogP contribution in [-0.2, 0) is 12.8 Å². The van der Waals surface area contributed by atoms with Gasteiger partial charge in [-0.25, -0.2) is 22.8 Å². The van der Waals surface area contributed by atoms with Crippen molar-refractivity contribution >= 4 is 43.4 Å². The van der Waals surface area contributed by atoms with Crippen LogP contribution in [0.2, 0.25) is 0 Å². The predicted octanol–water partition coefficient (Wildman–Crippen LogP) is 5.42. The van der Waals surface area contributed by atoms with Crippen LogP contribution >= 0.6 is 31.9 Å². The fraction of sp³-hybridized carbons (Fsp3) is 0.345. The first kappa shape index (κ1) is 48.3. The number of benzene rings is 2. The van der Waals surface area contributed by atoms with Crippen LogP contribution in [0, 0.1) is 21.7 Å². The van der Waals surface area contributed by atoms with Gasteiger partial charge in [-0.2, -0.15) is 0 Å². The Bertz CT molecular complexity index is 1880. The van der Waals surface area contributed by atoms with E-state index in [4.69, 9.17) is 21.8 Å². The molecule has 0 radical (unpaired) electrons. The summed E-state index contributed by atoms with van der Waals surface area (Å²) in [5, 5.41) is 40.8. The van der Waals surface area contributed by atoms with Gasteiger partial charge in [0.25, 0.3) is 5.69 Å². The van der Waals surface area contributed by atoms with Crippen molar-refractivity contribution in [3.8, 4) is 17.2 Å². The molecule has 0 aliphatic rings. The molecule has 0 amide bonds. The van der Waals surface area contributed by atoms with E-state index in [-0.39, 0.29) is 57.9 Å². The standard InChI is InChI=1S/C13H14BrFN4O2.C10H3BrFN5O5.C2H8N2.4CH4/c14-9-6-8(3-4-10(9)15)7-12(17-20)13-11(2-1-5-16)18-21-19-13;11-5-3-4(1-2-6(5)12)16-8(14-21-10(16)18)7-9(17(19)20)15-22-13-7;3-1-2-4;;;;/h3-4,6,20H,1-2,5,7,16H2;1-3H;1-4H2;4*1H4/b17-12+;;;;;;. The first-order valence-corrected chi connectivity index (χ1v) is 14.7. The highest BCUT2D eigenvalue weighted by molar-refractivity contribution is 9.10. The molecule has 22 heteroatoms. The minimum absolute atomic E-state index is 0. The second-order valence-electron chi connectivity index (χ2n) is 8.90. The Hall–Kier alpha value is -4.77. The van der Waals surface area contributed by atoms with Crippen molar-refractivity contribution in [2.75, 3.05) is 19.6 Å². The van der Waals surface area contributed by atoms with E-state index in [9.17, 15) is 28.9 Å². The Morgan fingerprint density at radius 2 is 1.51 bits per heavy atom. The Morgan fingerprint density at radius 3 is 2.06 bits per heavy atom. The van der Waals surface area contributed by atoms with Crippen LogP contribution in [0.3, 0.4) is 0 Å². The van der Waals surface area contributed by atoms with Gasteiger partial charge in [-0.3, -0.25) is 4.52 Å². The molecule has 0 fully saturated rings. The van der Waals surface area contributed by atoms with Crippen LogP contribution in [-0.4, -0.2) is 65.8 Å². The Balaban J connectivity index is 0. The third-order valence-electron chi connectivity index (χ3n) is 5.71. The van der Waals surface area contributed by atoms with E-state index in [2.05, 4.69) is 72.0 Å². The summed E-state index contributed by atoms with van der Waals surface area (Å²) in [4.78, 5) is 21.8. The van der Waals surface area contributed by atoms with Gasteiger partial charge in [0, 0.05) is 19.5 Å². The quantitative estimate of drug-likeness (QED) is 0.0591. The van der Waals surface area contributed by atoms with E-state index in [1.54, 1.807) is 12.1 Å². The van der Waals surface area contributed by atoms with Crippen LogP contribution in [0.25, 0.3) is 17.2 Å². The van der Waals surface area contributed by atoms with Crippen LogP contribution < -0.4 is 23.0 Å². The van der Waals surface area contributed by atoms with Crippen LogP contribution in [0.5, 0.6) is 0 Å². The SMILES string of the molecule is C.C.C.C.NCCCc1nonc1/C(Cc1ccc(F)c(Br)c1)=N/O.NCCN.O=c1onc(-c2nonc2[N+](=O)[O-])n1-c1ccc(F)c(Br)c1. The molecule has 0 atom stereocenters. The molecule has 0 aliphatic heterocycles. The predicted molar refractivity (Wildman–Crippen MR) is 193 cm³/mol. The monoisotopic (exact) mass is 851 g/mol. The second-order valence-corrected chi connectivity index (χ2v) is 10.6. The van der Waals surface area contributed by atoms with E-state index in [0.717, 1.165) is 22.6 Å². The van der Waals surface area contributed by atoms with Crippen LogP contribution in [0.15, 0.2) is 69.1 Å². The maximum absolute atomic E-state index is 13.3. The molecule has 5 rings (SSSR count).